The smallest absolute Gasteiger partial charge is 0.296 e. The van der Waals surface area contributed by atoms with Crippen LogP contribution >= 0.6 is 0 Å². The average molecular weight is 279 g/mol. The van der Waals surface area contributed by atoms with Crippen molar-refractivity contribution in [1.82, 2.24) is 0 Å². The Kier molecular flexibility index (Phi) is 4.44. The normalized spacial score (nSPS) is 20.6. The van der Waals surface area contributed by atoms with Gasteiger partial charge in [0.1, 0.15) is 11.4 Å². The first kappa shape index (κ1) is 14.6. The molecule has 1 aliphatic heterocycles. The second-order valence-corrected chi connectivity index (χ2v) is 5.32. The predicted octanol–water partition coefficient (Wildman–Crippen LogP) is 2.17. The van der Waals surface area contributed by atoms with Crippen LogP contribution in [0.25, 0.3) is 0 Å². The molecular formula is C14H21N3O3. The summed E-state index contributed by atoms with van der Waals surface area (Å²) in [4.78, 5) is 13.0. The van der Waals surface area contributed by atoms with Crippen LogP contribution < -0.4 is 15.4 Å². The SMILES string of the molecule is COc1ccc(N2CCCC(C(C)N)C2)c([N+](=O)[O-])c1. The molecule has 2 N–H and O–H groups in total. The number of nitrogens with two attached hydrogens (primary N) is 1. The van der Waals surface area contributed by atoms with Crippen LogP contribution in [0.4, 0.5) is 11.4 Å². The number of hydrogen-bond donors (Lipinski definition) is 1. The van der Waals surface area contributed by atoms with E-state index in [4.69, 9.17) is 10.5 Å². The molecule has 20 heavy (non-hydrogen) atoms. The molecule has 1 heterocycles. The Morgan fingerprint density at radius 1 is 1.55 bits per heavy atom. The maximum absolute atomic E-state index is 11.2. The standard InChI is InChI=1S/C14H21N3O3/c1-10(15)11-4-3-7-16(9-11)13-6-5-12(20-2)8-14(13)17(18)19/h5-6,8,10-11H,3-4,7,9,15H2,1-2H3. The summed E-state index contributed by atoms with van der Waals surface area (Å²) in [6.45, 7) is 3.60. The summed E-state index contributed by atoms with van der Waals surface area (Å²) >= 11 is 0. The molecule has 1 aromatic rings. The van der Waals surface area contributed by atoms with Crippen LogP contribution in [0.2, 0.25) is 0 Å². The lowest BCUT2D eigenvalue weighted by Crippen LogP contribution is -2.42. The van der Waals surface area contributed by atoms with Crippen molar-refractivity contribution >= 4 is 11.4 Å². The van der Waals surface area contributed by atoms with E-state index in [0.717, 1.165) is 25.9 Å². The third-order valence-corrected chi connectivity index (χ3v) is 3.92. The van der Waals surface area contributed by atoms with Crippen molar-refractivity contribution in [3.8, 4) is 5.75 Å². The van der Waals surface area contributed by atoms with Crippen LogP contribution in [-0.2, 0) is 0 Å². The second kappa shape index (κ2) is 6.09. The van der Waals surface area contributed by atoms with E-state index in [0.29, 0.717) is 17.4 Å². The summed E-state index contributed by atoms with van der Waals surface area (Å²) in [5.74, 6) is 0.881. The number of ether oxygens (including phenoxy) is 1. The quantitative estimate of drug-likeness (QED) is 0.674. The zero-order valence-corrected chi connectivity index (χ0v) is 11.9. The third kappa shape index (κ3) is 3.01. The molecular weight excluding hydrogens is 258 g/mol. The van der Waals surface area contributed by atoms with Gasteiger partial charge in [0.2, 0.25) is 0 Å². The van der Waals surface area contributed by atoms with Gasteiger partial charge in [-0.15, -0.1) is 0 Å². The molecule has 2 rings (SSSR count). The lowest BCUT2D eigenvalue weighted by atomic mass is 9.92. The fourth-order valence-electron chi connectivity index (χ4n) is 2.70. The number of nitro benzene ring substituents is 1. The Morgan fingerprint density at radius 2 is 2.30 bits per heavy atom. The Labute approximate surface area is 118 Å². The number of nitro groups is 1. The maximum atomic E-state index is 11.2. The molecule has 6 heteroatoms. The van der Waals surface area contributed by atoms with Crippen LogP contribution in [0.3, 0.4) is 0 Å². The molecule has 1 aromatic carbocycles. The van der Waals surface area contributed by atoms with E-state index in [1.54, 1.807) is 12.1 Å². The number of piperidine rings is 1. The van der Waals surface area contributed by atoms with E-state index >= 15 is 0 Å². The zero-order chi connectivity index (χ0) is 14.7. The van der Waals surface area contributed by atoms with E-state index in [9.17, 15) is 10.1 Å². The van der Waals surface area contributed by atoms with Crippen molar-refractivity contribution in [2.45, 2.75) is 25.8 Å². The van der Waals surface area contributed by atoms with Gasteiger partial charge in [-0.25, -0.2) is 0 Å². The van der Waals surface area contributed by atoms with E-state index < -0.39 is 0 Å². The molecule has 2 unspecified atom stereocenters. The predicted molar refractivity (Wildman–Crippen MR) is 78.2 cm³/mol. The van der Waals surface area contributed by atoms with Crippen LogP contribution in [0.5, 0.6) is 5.75 Å². The molecule has 0 aliphatic carbocycles. The minimum absolute atomic E-state index is 0.0923. The van der Waals surface area contributed by atoms with Crippen molar-refractivity contribution in [3.05, 3.63) is 28.3 Å². The molecule has 1 fully saturated rings. The fraction of sp³-hybridized carbons (Fsp3) is 0.571. The zero-order valence-electron chi connectivity index (χ0n) is 11.9. The van der Waals surface area contributed by atoms with E-state index in [1.807, 2.05) is 6.92 Å². The molecule has 1 aliphatic rings. The van der Waals surface area contributed by atoms with Crippen molar-refractivity contribution in [1.29, 1.82) is 0 Å². The topological polar surface area (TPSA) is 81.6 Å². The van der Waals surface area contributed by atoms with Gasteiger partial charge < -0.3 is 15.4 Å². The first-order chi connectivity index (χ1) is 9.52. The highest BCUT2D eigenvalue weighted by atomic mass is 16.6. The van der Waals surface area contributed by atoms with Gasteiger partial charge in [-0.3, -0.25) is 10.1 Å². The number of methoxy groups -OCH3 is 1. The molecule has 0 aromatic heterocycles. The largest absolute Gasteiger partial charge is 0.496 e. The molecule has 0 radical (unpaired) electrons. The van der Waals surface area contributed by atoms with Crippen LogP contribution in [-0.4, -0.2) is 31.2 Å². The summed E-state index contributed by atoms with van der Waals surface area (Å²) in [5, 5.41) is 11.2. The number of benzene rings is 1. The Bertz CT molecular complexity index is 491. The maximum Gasteiger partial charge on any atom is 0.296 e. The van der Waals surface area contributed by atoms with Gasteiger partial charge in [0.05, 0.1) is 18.1 Å². The van der Waals surface area contributed by atoms with Gasteiger partial charge in [-0.2, -0.15) is 0 Å². The average Bonchev–Trinajstić information content (AvgIpc) is 2.46. The Balaban J connectivity index is 2.29. The molecule has 1 saturated heterocycles. The highest BCUT2D eigenvalue weighted by molar-refractivity contribution is 5.65. The van der Waals surface area contributed by atoms with Crippen LogP contribution in [0.15, 0.2) is 18.2 Å². The third-order valence-electron chi connectivity index (χ3n) is 3.92. The molecule has 0 saturated carbocycles. The summed E-state index contributed by atoms with van der Waals surface area (Å²) < 4.78 is 5.06. The molecule has 0 amide bonds. The Morgan fingerprint density at radius 3 is 2.90 bits per heavy atom. The van der Waals surface area contributed by atoms with Crippen molar-refractivity contribution in [2.24, 2.45) is 11.7 Å². The van der Waals surface area contributed by atoms with Crippen molar-refractivity contribution in [3.63, 3.8) is 0 Å². The summed E-state index contributed by atoms with van der Waals surface area (Å²) in [5.41, 5.74) is 6.72. The molecule has 0 spiro atoms. The minimum atomic E-state index is -0.354. The Hall–Kier alpha value is -1.82. The van der Waals surface area contributed by atoms with Gasteiger partial charge in [0.15, 0.2) is 0 Å². The first-order valence-electron chi connectivity index (χ1n) is 6.86. The van der Waals surface area contributed by atoms with Gasteiger partial charge in [0.25, 0.3) is 5.69 Å². The van der Waals surface area contributed by atoms with Gasteiger partial charge >= 0.3 is 0 Å². The number of rotatable bonds is 4. The number of hydrogen-bond acceptors (Lipinski definition) is 5. The summed E-state index contributed by atoms with van der Waals surface area (Å²) in [6, 6.07) is 5.11. The summed E-state index contributed by atoms with van der Waals surface area (Å²) in [6.07, 6.45) is 2.09. The number of nitrogens with zero attached hydrogens (tertiary/aromatic N) is 2. The van der Waals surface area contributed by atoms with Gasteiger partial charge in [-0.1, -0.05) is 0 Å². The van der Waals surface area contributed by atoms with E-state index in [1.165, 1.54) is 13.2 Å². The van der Waals surface area contributed by atoms with Crippen LogP contribution in [0, 0.1) is 16.0 Å². The second-order valence-electron chi connectivity index (χ2n) is 5.32. The van der Waals surface area contributed by atoms with Crippen molar-refractivity contribution < 1.29 is 9.66 Å². The lowest BCUT2D eigenvalue weighted by Gasteiger charge is -2.35. The molecule has 0 bridgehead atoms. The fourth-order valence-corrected chi connectivity index (χ4v) is 2.70. The monoisotopic (exact) mass is 279 g/mol. The molecule has 110 valence electrons. The lowest BCUT2D eigenvalue weighted by molar-refractivity contribution is -0.384. The van der Waals surface area contributed by atoms with E-state index in [2.05, 4.69) is 4.90 Å². The first-order valence-corrected chi connectivity index (χ1v) is 6.86. The minimum Gasteiger partial charge on any atom is -0.496 e. The van der Waals surface area contributed by atoms with Gasteiger partial charge in [0, 0.05) is 19.1 Å². The molecule has 2 atom stereocenters. The summed E-state index contributed by atoms with van der Waals surface area (Å²) in [7, 11) is 1.51. The van der Waals surface area contributed by atoms with Crippen molar-refractivity contribution in [2.75, 3.05) is 25.1 Å². The molecule has 6 nitrogen and oxygen atoms in total. The highest BCUT2D eigenvalue weighted by Crippen LogP contribution is 2.34. The number of anilines is 1. The van der Waals surface area contributed by atoms with Crippen LogP contribution in [0.1, 0.15) is 19.8 Å². The van der Waals surface area contributed by atoms with Gasteiger partial charge in [-0.05, 0) is 37.8 Å². The highest BCUT2D eigenvalue weighted by Gasteiger charge is 2.27. The van der Waals surface area contributed by atoms with E-state index in [-0.39, 0.29) is 16.7 Å².